The Kier molecular flexibility index (Phi) is 7.75. The minimum Gasteiger partial charge on any atom is -0.339 e. The molecule has 2 aromatic rings. The fourth-order valence-electron chi connectivity index (χ4n) is 4.53. The van der Waals surface area contributed by atoms with Crippen molar-refractivity contribution in [1.82, 2.24) is 9.21 Å². The van der Waals surface area contributed by atoms with Crippen LogP contribution in [0.15, 0.2) is 41.3 Å². The zero-order chi connectivity index (χ0) is 24.3. The largest absolute Gasteiger partial charge is 0.339 e. The minimum absolute atomic E-state index is 0.106. The van der Waals surface area contributed by atoms with E-state index in [1.54, 1.807) is 30.9 Å². The third-order valence-corrected chi connectivity index (χ3v) is 8.63. The Labute approximate surface area is 197 Å². The summed E-state index contributed by atoms with van der Waals surface area (Å²) in [5.41, 5.74) is 4.02. The Bertz CT molecular complexity index is 1140. The molecule has 6 nitrogen and oxygen atoms in total. The lowest BCUT2D eigenvalue weighted by molar-refractivity contribution is 0.0649. The van der Waals surface area contributed by atoms with Crippen LogP contribution in [-0.4, -0.2) is 55.5 Å². The number of Topliss-reactive ketones (excluding diaryl/α,β-unsaturated/α-hetero) is 1. The number of piperidine rings is 1. The molecule has 1 aliphatic heterocycles. The topological polar surface area (TPSA) is 74.8 Å². The van der Waals surface area contributed by atoms with Crippen LogP contribution in [0.25, 0.3) is 0 Å². The highest BCUT2D eigenvalue weighted by Crippen LogP contribution is 2.26. The Balaban J connectivity index is 1.75. The smallest absolute Gasteiger partial charge is 0.254 e. The Morgan fingerprint density at radius 1 is 0.909 bits per heavy atom. The van der Waals surface area contributed by atoms with Gasteiger partial charge in [-0.3, -0.25) is 9.59 Å². The summed E-state index contributed by atoms with van der Waals surface area (Å²) < 4.78 is 27.2. The third-order valence-electron chi connectivity index (χ3n) is 6.58. The van der Waals surface area contributed by atoms with Gasteiger partial charge in [0, 0.05) is 43.2 Å². The number of likely N-dealkylation sites (tertiary alicyclic amines) is 1. The van der Waals surface area contributed by atoms with Crippen LogP contribution >= 0.6 is 0 Å². The number of benzene rings is 2. The van der Waals surface area contributed by atoms with Crippen LogP contribution < -0.4 is 0 Å². The molecule has 0 aromatic heterocycles. The van der Waals surface area contributed by atoms with Crippen molar-refractivity contribution in [1.29, 1.82) is 0 Å². The summed E-state index contributed by atoms with van der Waals surface area (Å²) in [5, 5.41) is 0. The van der Waals surface area contributed by atoms with Crippen LogP contribution in [-0.2, 0) is 10.0 Å². The van der Waals surface area contributed by atoms with Crippen LogP contribution in [0, 0.1) is 26.7 Å². The van der Waals surface area contributed by atoms with Gasteiger partial charge in [0.25, 0.3) is 5.91 Å². The first-order valence-electron chi connectivity index (χ1n) is 11.6. The van der Waals surface area contributed by atoms with Crippen LogP contribution in [0.3, 0.4) is 0 Å². The maximum atomic E-state index is 13.3. The van der Waals surface area contributed by atoms with E-state index in [0.29, 0.717) is 44.6 Å². The summed E-state index contributed by atoms with van der Waals surface area (Å²) >= 11 is 0. The van der Waals surface area contributed by atoms with Gasteiger partial charge in [-0.15, -0.1) is 0 Å². The number of hydrogen-bond acceptors (Lipinski definition) is 4. The van der Waals surface area contributed by atoms with E-state index >= 15 is 0 Å². The van der Waals surface area contributed by atoms with E-state index in [4.69, 9.17) is 0 Å². The molecule has 1 fully saturated rings. The Hall–Kier alpha value is -2.51. The zero-order valence-corrected chi connectivity index (χ0v) is 21.0. The molecule has 7 heteroatoms. The highest BCUT2D eigenvalue weighted by atomic mass is 32.2. The lowest BCUT2D eigenvalue weighted by atomic mass is 9.86. The SMILES string of the molecule is CCN(CC)S(=O)(=O)c1ccc(C)c(C(=O)N2CCC(C(=O)c3ccc(C)cc3C)CC2)c1. The maximum Gasteiger partial charge on any atom is 0.254 e. The standard InChI is InChI=1S/C26H34N2O4S/c1-6-28(7-2)33(31,32)22-10-9-19(4)24(17-22)26(30)27-14-12-21(13-15-27)25(29)23-11-8-18(3)16-20(23)5/h8-11,16-17,21H,6-7,12-15H2,1-5H3. The molecule has 0 saturated carbocycles. The summed E-state index contributed by atoms with van der Waals surface area (Å²) in [6, 6.07) is 10.6. The van der Waals surface area contributed by atoms with E-state index in [0.717, 1.165) is 22.3 Å². The number of amides is 1. The molecule has 1 heterocycles. The quantitative estimate of drug-likeness (QED) is 0.563. The van der Waals surface area contributed by atoms with Crippen LogP contribution in [0.4, 0.5) is 0 Å². The summed E-state index contributed by atoms with van der Waals surface area (Å²) in [6.45, 7) is 11.1. The first kappa shape index (κ1) is 25.1. The molecule has 2 aromatic carbocycles. The second-order valence-corrected chi connectivity index (χ2v) is 10.8. The highest BCUT2D eigenvalue weighted by Gasteiger charge is 2.30. The van der Waals surface area contributed by atoms with Crippen molar-refractivity contribution in [2.24, 2.45) is 5.92 Å². The molecule has 0 atom stereocenters. The first-order valence-corrected chi connectivity index (χ1v) is 13.1. The molecule has 1 saturated heterocycles. The maximum absolute atomic E-state index is 13.3. The summed E-state index contributed by atoms with van der Waals surface area (Å²) in [4.78, 5) is 28.2. The van der Waals surface area contributed by atoms with Crippen molar-refractivity contribution < 1.29 is 18.0 Å². The number of carbonyl (C=O) groups is 2. The molecule has 3 rings (SSSR count). The number of sulfonamides is 1. The monoisotopic (exact) mass is 470 g/mol. The van der Waals surface area contributed by atoms with Crippen LogP contribution in [0.5, 0.6) is 0 Å². The van der Waals surface area contributed by atoms with Gasteiger partial charge in [-0.2, -0.15) is 4.31 Å². The molecule has 1 amide bonds. The van der Waals surface area contributed by atoms with Crippen molar-refractivity contribution in [2.75, 3.05) is 26.2 Å². The lowest BCUT2D eigenvalue weighted by Gasteiger charge is -2.32. The predicted molar refractivity (Wildman–Crippen MR) is 130 cm³/mol. The molecule has 0 aliphatic carbocycles. The Morgan fingerprint density at radius 2 is 1.55 bits per heavy atom. The van der Waals surface area contributed by atoms with Gasteiger partial charge in [-0.1, -0.05) is 43.7 Å². The summed E-state index contributed by atoms with van der Waals surface area (Å²) in [5.74, 6) is -0.143. The van der Waals surface area contributed by atoms with Crippen molar-refractivity contribution >= 4 is 21.7 Å². The highest BCUT2D eigenvalue weighted by molar-refractivity contribution is 7.89. The van der Waals surface area contributed by atoms with E-state index in [9.17, 15) is 18.0 Å². The van der Waals surface area contributed by atoms with Crippen molar-refractivity contribution in [3.63, 3.8) is 0 Å². The van der Waals surface area contributed by atoms with Crippen molar-refractivity contribution in [2.45, 2.75) is 52.4 Å². The van der Waals surface area contributed by atoms with E-state index in [1.807, 2.05) is 39.0 Å². The number of aryl methyl sites for hydroxylation is 3. The average Bonchev–Trinajstić information content (AvgIpc) is 2.79. The van der Waals surface area contributed by atoms with Crippen LogP contribution in [0.1, 0.15) is 64.1 Å². The number of rotatable bonds is 7. The van der Waals surface area contributed by atoms with E-state index in [-0.39, 0.29) is 22.5 Å². The van der Waals surface area contributed by atoms with Gasteiger partial charge in [0.15, 0.2) is 5.78 Å². The zero-order valence-electron chi connectivity index (χ0n) is 20.2. The van der Waals surface area contributed by atoms with Gasteiger partial charge in [0.1, 0.15) is 0 Å². The Morgan fingerprint density at radius 3 is 2.12 bits per heavy atom. The van der Waals surface area contributed by atoms with E-state index in [2.05, 4.69) is 0 Å². The molecular formula is C26H34N2O4S. The fraction of sp³-hybridized carbons (Fsp3) is 0.462. The summed E-state index contributed by atoms with van der Waals surface area (Å²) in [6.07, 6.45) is 1.21. The minimum atomic E-state index is -3.64. The molecule has 0 unspecified atom stereocenters. The van der Waals surface area contributed by atoms with Crippen LogP contribution in [0.2, 0.25) is 0 Å². The van der Waals surface area contributed by atoms with Crippen molar-refractivity contribution in [3.8, 4) is 0 Å². The second kappa shape index (κ2) is 10.2. The van der Waals surface area contributed by atoms with Gasteiger partial charge >= 0.3 is 0 Å². The van der Waals surface area contributed by atoms with Gasteiger partial charge in [-0.05, 0) is 56.9 Å². The molecule has 0 N–H and O–H groups in total. The van der Waals surface area contributed by atoms with Gasteiger partial charge < -0.3 is 4.90 Å². The van der Waals surface area contributed by atoms with Gasteiger partial charge in [0.05, 0.1) is 4.90 Å². The molecule has 1 aliphatic rings. The third kappa shape index (κ3) is 5.20. The van der Waals surface area contributed by atoms with E-state index in [1.165, 1.54) is 10.4 Å². The average molecular weight is 471 g/mol. The molecular weight excluding hydrogens is 436 g/mol. The number of carbonyl (C=O) groups excluding carboxylic acids is 2. The number of nitrogens with zero attached hydrogens (tertiary/aromatic N) is 2. The fourth-order valence-corrected chi connectivity index (χ4v) is 6.01. The molecule has 0 spiro atoms. The lowest BCUT2D eigenvalue weighted by Crippen LogP contribution is -2.40. The second-order valence-electron chi connectivity index (χ2n) is 8.82. The summed E-state index contributed by atoms with van der Waals surface area (Å²) in [7, 11) is -3.64. The molecule has 33 heavy (non-hydrogen) atoms. The molecule has 0 bridgehead atoms. The first-order chi connectivity index (χ1) is 15.6. The molecule has 178 valence electrons. The number of hydrogen-bond donors (Lipinski definition) is 0. The van der Waals surface area contributed by atoms with Gasteiger partial charge in [0.2, 0.25) is 10.0 Å². The van der Waals surface area contributed by atoms with Gasteiger partial charge in [-0.25, -0.2) is 8.42 Å². The number of ketones is 1. The predicted octanol–water partition coefficient (Wildman–Crippen LogP) is 4.38. The van der Waals surface area contributed by atoms with Crippen molar-refractivity contribution in [3.05, 3.63) is 64.2 Å². The van der Waals surface area contributed by atoms with E-state index < -0.39 is 10.0 Å². The molecule has 0 radical (unpaired) electrons. The normalized spacial score (nSPS) is 15.2.